The van der Waals surface area contributed by atoms with Crippen LogP contribution in [0.1, 0.15) is 6.42 Å². The molecule has 0 spiro atoms. The van der Waals surface area contributed by atoms with Crippen LogP contribution >= 0.6 is 19.6 Å². The minimum absolute atomic E-state index is 0.332. The van der Waals surface area contributed by atoms with Gasteiger partial charge in [-0.25, -0.2) is 9.36 Å². The fourth-order valence-electron chi connectivity index (χ4n) is 1.04. The van der Waals surface area contributed by atoms with Crippen molar-refractivity contribution < 1.29 is 43.5 Å². The molecule has 0 aliphatic carbocycles. The summed E-state index contributed by atoms with van der Waals surface area (Å²) in [5.41, 5.74) is 5.35. The molecule has 0 radical (unpaired) electrons. The van der Waals surface area contributed by atoms with Crippen LogP contribution in [-0.4, -0.2) is 68.8 Å². The Morgan fingerprint density at radius 3 is 2.09 bits per heavy atom. The van der Waals surface area contributed by atoms with Crippen LogP contribution in [0, 0.1) is 0 Å². The number of carboxylic acids is 1. The highest BCUT2D eigenvalue weighted by Crippen LogP contribution is 2.25. The van der Waals surface area contributed by atoms with Crippen molar-refractivity contribution in [3.05, 3.63) is 0 Å². The summed E-state index contributed by atoms with van der Waals surface area (Å²) >= 11 is 1.35. The normalized spacial score (nSPS) is 13.2. The van der Waals surface area contributed by atoms with E-state index in [1.807, 2.05) is 0 Å². The first kappa shape index (κ1) is 23.1. The fourth-order valence-corrected chi connectivity index (χ4v) is 1.59. The molecule has 2 atom stereocenters. The van der Waals surface area contributed by atoms with E-state index < -0.39 is 44.2 Å². The van der Waals surface area contributed by atoms with E-state index in [1.54, 1.807) is 6.26 Å². The summed E-state index contributed by atoms with van der Waals surface area (Å²) in [5.74, 6) is -2.11. The molecule has 0 aromatic rings. The highest BCUT2D eigenvalue weighted by Gasteiger charge is 2.24. The van der Waals surface area contributed by atoms with Gasteiger partial charge in [-0.3, -0.25) is 9.59 Å². The third-order valence-corrected chi connectivity index (χ3v) is 2.53. The summed E-state index contributed by atoms with van der Waals surface area (Å²) in [5, 5.41) is 10.8. The number of rotatable bonds is 7. The number of esters is 1. The first-order valence-electron chi connectivity index (χ1n) is 5.55. The Morgan fingerprint density at radius 2 is 1.77 bits per heavy atom. The van der Waals surface area contributed by atoms with E-state index in [9.17, 15) is 14.4 Å². The smallest absolute Gasteiger partial charge is 0.466 e. The van der Waals surface area contributed by atoms with Gasteiger partial charge in [-0.15, -0.1) is 0 Å². The van der Waals surface area contributed by atoms with Crippen molar-refractivity contribution in [3.8, 4) is 0 Å². The molecule has 0 unspecified atom stereocenters. The van der Waals surface area contributed by atoms with E-state index in [0.717, 1.165) is 0 Å². The number of ether oxygens (including phenoxy) is 1. The monoisotopic (exact) mass is 362 g/mol. The second-order valence-corrected chi connectivity index (χ2v) is 5.69. The Morgan fingerprint density at radius 1 is 1.32 bits per heavy atom. The lowest BCUT2D eigenvalue weighted by Crippen LogP contribution is -2.50. The summed E-state index contributed by atoms with van der Waals surface area (Å²) in [6, 6.07) is -2.00. The SMILES string of the molecule is COC(=O)[C@H](CSC)NC(=O)[C@@H](N)CC(=O)O.O=P(O)(O)O. The Hall–Kier alpha value is -1.17. The summed E-state index contributed by atoms with van der Waals surface area (Å²) in [4.78, 5) is 54.7. The molecule has 0 aromatic carbocycles. The predicted molar refractivity (Wildman–Crippen MR) is 76.8 cm³/mol. The highest BCUT2D eigenvalue weighted by molar-refractivity contribution is 7.98. The maximum Gasteiger partial charge on any atom is 0.466 e. The number of carbonyl (C=O) groups is 3. The Kier molecular flexibility index (Phi) is 12.0. The number of thioether (sulfide) groups is 1. The van der Waals surface area contributed by atoms with Gasteiger partial charge in [0.15, 0.2) is 0 Å². The number of aliphatic carboxylic acids is 1. The van der Waals surface area contributed by atoms with Gasteiger partial charge >= 0.3 is 19.8 Å². The number of phosphoric acid groups is 1. The molecule has 0 aliphatic rings. The summed E-state index contributed by atoms with van der Waals surface area (Å²) in [7, 11) is -3.43. The Balaban J connectivity index is 0. The molecule has 0 saturated carbocycles. The number of hydrogen-bond donors (Lipinski definition) is 6. The molecule has 0 heterocycles. The van der Waals surface area contributed by atoms with Crippen molar-refractivity contribution in [2.45, 2.75) is 18.5 Å². The second kappa shape index (κ2) is 11.4. The molecule has 0 aromatic heterocycles. The van der Waals surface area contributed by atoms with Crippen LogP contribution in [-0.2, 0) is 23.7 Å². The lowest BCUT2D eigenvalue weighted by Gasteiger charge is -2.17. The van der Waals surface area contributed by atoms with Crippen LogP contribution in [0.3, 0.4) is 0 Å². The van der Waals surface area contributed by atoms with Crippen molar-refractivity contribution in [1.29, 1.82) is 0 Å². The van der Waals surface area contributed by atoms with E-state index in [2.05, 4.69) is 10.1 Å². The molecule has 0 rings (SSSR count). The molecule has 22 heavy (non-hydrogen) atoms. The quantitative estimate of drug-likeness (QED) is 0.214. The minimum atomic E-state index is -4.64. The summed E-state index contributed by atoms with van der Waals surface area (Å²) < 4.78 is 13.4. The van der Waals surface area contributed by atoms with E-state index in [0.29, 0.717) is 5.75 Å². The average Bonchev–Trinajstić information content (AvgIpc) is 2.34. The molecule has 130 valence electrons. The molecular weight excluding hydrogens is 343 g/mol. The van der Waals surface area contributed by atoms with Gasteiger partial charge in [0.2, 0.25) is 5.91 Å². The van der Waals surface area contributed by atoms with Crippen molar-refractivity contribution in [3.63, 3.8) is 0 Å². The number of methoxy groups -OCH3 is 1. The first-order valence-corrected chi connectivity index (χ1v) is 8.51. The van der Waals surface area contributed by atoms with Crippen molar-refractivity contribution in [1.82, 2.24) is 5.32 Å². The van der Waals surface area contributed by atoms with E-state index in [1.165, 1.54) is 18.9 Å². The van der Waals surface area contributed by atoms with Crippen molar-refractivity contribution in [2.75, 3.05) is 19.1 Å². The number of nitrogens with one attached hydrogen (secondary N) is 1. The number of amides is 1. The molecule has 7 N–H and O–H groups in total. The van der Waals surface area contributed by atoms with Crippen LogP contribution in [0.4, 0.5) is 0 Å². The maximum absolute atomic E-state index is 11.5. The molecular formula is C9H19N2O9PS. The number of carboxylic acid groups (broad SMARTS) is 1. The molecule has 0 fully saturated rings. The lowest BCUT2D eigenvalue weighted by molar-refractivity contribution is -0.144. The van der Waals surface area contributed by atoms with Gasteiger partial charge in [0.05, 0.1) is 19.6 Å². The molecule has 0 bridgehead atoms. The van der Waals surface area contributed by atoms with E-state index in [-0.39, 0.29) is 0 Å². The van der Waals surface area contributed by atoms with Crippen LogP contribution in [0.25, 0.3) is 0 Å². The zero-order chi connectivity index (χ0) is 17.9. The average molecular weight is 362 g/mol. The topological polar surface area (TPSA) is 196 Å². The molecule has 0 saturated heterocycles. The van der Waals surface area contributed by atoms with Crippen molar-refractivity contribution in [2.24, 2.45) is 5.73 Å². The van der Waals surface area contributed by atoms with Gasteiger partial charge in [-0.2, -0.15) is 11.8 Å². The molecule has 11 nitrogen and oxygen atoms in total. The third-order valence-electron chi connectivity index (χ3n) is 1.87. The van der Waals surface area contributed by atoms with Gasteiger partial charge in [0, 0.05) is 5.75 Å². The van der Waals surface area contributed by atoms with E-state index >= 15 is 0 Å². The largest absolute Gasteiger partial charge is 0.481 e. The Bertz CT molecular complexity index is 419. The van der Waals surface area contributed by atoms with Gasteiger partial charge in [0.1, 0.15) is 6.04 Å². The van der Waals surface area contributed by atoms with Crippen LogP contribution < -0.4 is 11.1 Å². The summed E-state index contributed by atoms with van der Waals surface area (Å²) in [6.07, 6.45) is 1.28. The second-order valence-electron chi connectivity index (χ2n) is 3.76. The fraction of sp³-hybridized carbons (Fsp3) is 0.667. The Labute approximate surface area is 130 Å². The number of carbonyl (C=O) groups excluding carboxylic acids is 2. The zero-order valence-electron chi connectivity index (χ0n) is 11.8. The van der Waals surface area contributed by atoms with Crippen LogP contribution in [0.5, 0.6) is 0 Å². The minimum Gasteiger partial charge on any atom is -0.481 e. The third kappa shape index (κ3) is 15.2. The molecule has 0 aliphatic heterocycles. The van der Waals surface area contributed by atoms with Gasteiger partial charge in [-0.05, 0) is 6.26 Å². The van der Waals surface area contributed by atoms with Gasteiger partial charge in [-0.1, -0.05) is 0 Å². The number of hydrogen-bond acceptors (Lipinski definition) is 7. The zero-order valence-corrected chi connectivity index (χ0v) is 13.5. The van der Waals surface area contributed by atoms with E-state index in [4.69, 9.17) is 30.1 Å². The predicted octanol–water partition coefficient (Wildman–Crippen LogP) is -2.12. The van der Waals surface area contributed by atoms with Gasteiger partial charge in [0.25, 0.3) is 0 Å². The van der Waals surface area contributed by atoms with Gasteiger partial charge < -0.3 is 35.6 Å². The van der Waals surface area contributed by atoms with Crippen LogP contribution in [0.2, 0.25) is 0 Å². The first-order chi connectivity index (χ1) is 9.92. The highest BCUT2D eigenvalue weighted by atomic mass is 32.2. The molecule has 1 amide bonds. The molecule has 13 heteroatoms. The van der Waals surface area contributed by atoms with Crippen molar-refractivity contribution >= 4 is 37.4 Å². The summed E-state index contributed by atoms with van der Waals surface area (Å²) in [6.45, 7) is 0. The maximum atomic E-state index is 11.5. The lowest BCUT2D eigenvalue weighted by atomic mass is 10.2. The van der Waals surface area contributed by atoms with Crippen LogP contribution in [0.15, 0.2) is 0 Å². The standard InChI is InChI=1S/C9H16N2O5S.H3O4P/c1-16-9(15)6(4-17-2)11-8(14)5(10)3-7(12)13;1-5(2,3)4/h5-6H,3-4,10H2,1-2H3,(H,11,14)(H,12,13);(H3,1,2,3,4)/t5-,6-;/m0./s1. The number of nitrogens with two attached hydrogens (primary N) is 1.